The molecule has 0 aromatic carbocycles. The van der Waals surface area contributed by atoms with E-state index in [0.29, 0.717) is 5.92 Å². The van der Waals surface area contributed by atoms with Crippen molar-refractivity contribution < 1.29 is 0 Å². The van der Waals surface area contributed by atoms with Crippen molar-refractivity contribution in [2.75, 3.05) is 0 Å². The number of aryl methyl sites for hydroxylation is 1. The molecule has 2 nitrogen and oxygen atoms in total. The fraction of sp³-hybridized carbons (Fsp3) is 0.786. The molecule has 1 N–H and O–H groups in total. The van der Waals surface area contributed by atoms with Crippen LogP contribution in [0.25, 0.3) is 0 Å². The lowest BCUT2D eigenvalue weighted by atomic mass is 10.1. The molecule has 0 fully saturated rings. The Morgan fingerprint density at radius 2 is 1.94 bits per heavy atom. The van der Waals surface area contributed by atoms with Gasteiger partial charge in [-0.1, -0.05) is 20.8 Å². The van der Waals surface area contributed by atoms with Crippen molar-refractivity contribution in [2.24, 2.45) is 0 Å². The van der Waals surface area contributed by atoms with E-state index >= 15 is 0 Å². The van der Waals surface area contributed by atoms with Crippen LogP contribution in [0.5, 0.6) is 0 Å². The van der Waals surface area contributed by atoms with Crippen molar-refractivity contribution in [3.63, 3.8) is 0 Å². The van der Waals surface area contributed by atoms with Crippen molar-refractivity contribution in [1.29, 1.82) is 0 Å². The van der Waals surface area contributed by atoms with Crippen LogP contribution >= 0.6 is 11.3 Å². The Labute approximate surface area is 110 Å². The van der Waals surface area contributed by atoms with Crippen LogP contribution in [0, 0.1) is 0 Å². The number of rotatable bonds is 5. The molecule has 3 heteroatoms. The van der Waals surface area contributed by atoms with E-state index in [1.54, 1.807) is 0 Å². The lowest BCUT2D eigenvalue weighted by Gasteiger charge is -2.20. The molecule has 0 saturated carbocycles. The van der Waals surface area contributed by atoms with Crippen LogP contribution in [0.2, 0.25) is 0 Å². The average molecular weight is 254 g/mol. The molecule has 1 aromatic rings. The van der Waals surface area contributed by atoms with E-state index in [2.05, 4.69) is 46.9 Å². The smallest absolute Gasteiger partial charge is 0.0959 e. The molecular formula is C14H26N2S. The number of hydrogen-bond acceptors (Lipinski definition) is 3. The second kappa shape index (κ2) is 5.96. The van der Waals surface area contributed by atoms with Gasteiger partial charge in [-0.05, 0) is 33.6 Å². The molecule has 1 heterocycles. The van der Waals surface area contributed by atoms with Crippen molar-refractivity contribution in [3.05, 3.63) is 15.6 Å². The molecule has 98 valence electrons. The summed E-state index contributed by atoms with van der Waals surface area (Å²) in [4.78, 5) is 6.19. The Morgan fingerprint density at radius 3 is 2.41 bits per heavy atom. The summed E-state index contributed by atoms with van der Waals surface area (Å²) in [7, 11) is 0. The van der Waals surface area contributed by atoms with Gasteiger partial charge in [0.15, 0.2) is 0 Å². The summed E-state index contributed by atoms with van der Waals surface area (Å²) in [5.74, 6) is 0.591. The summed E-state index contributed by atoms with van der Waals surface area (Å²) in [5, 5.41) is 4.85. The average Bonchev–Trinajstić information content (AvgIpc) is 2.67. The molecule has 0 aliphatic rings. The largest absolute Gasteiger partial charge is 0.307 e. The van der Waals surface area contributed by atoms with Gasteiger partial charge in [-0.25, -0.2) is 4.98 Å². The summed E-state index contributed by atoms with van der Waals surface area (Å²) < 4.78 is 0. The van der Waals surface area contributed by atoms with Crippen LogP contribution in [0.3, 0.4) is 0 Å². The van der Waals surface area contributed by atoms with Gasteiger partial charge in [0.2, 0.25) is 0 Å². The van der Waals surface area contributed by atoms with Gasteiger partial charge in [0.05, 0.1) is 10.7 Å². The topological polar surface area (TPSA) is 24.9 Å². The molecule has 0 spiro atoms. The van der Waals surface area contributed by atoms with E-state index in [1.807, 2.05) is 11.3 Å². The van der Waals surface area contributed by atoms with Crippen molar-refractivity contribution >= 4 is 11.3 Å². The van der Waals surface area contributed by atoms with Gasteiger partial charge < -0.3 is 5.32 Å². The van der Waals surface area contributed by atoms with Crippen LogP contribution in [-0.2, 0) is 13.0 Å². The Morgan fingerprint density at radius 1 is 1.29 bits per heavy atom. The fourth-order valence-corrected chi connectivity index (χ4v) is 2.78. The number of nitrogens with zero attached hydrogens (tertiary/aromatic N) is 1. The number of thiazole rings is 1. The molecule has 0 aliphatic heterocycles. The van der Waals surface area contributed by atoms with E-state index in [4.69, 9.17) is 4.98 Å². The highest BCUT2D eigenvalue weighted by Gasteiger charge is 2.16. The van der Waals surface area contributed by atoms with E-state index in [0.717, 1.165) is 13.0 Å². The number of aromatic nitrogens is 1. The van der Waals surface area contributed by atoms with Crippen LogP contribution in [0.15, 0.2) is 0 Å². The zero-order valence-corrected chi connectivity index (χ0v) is 12.9. The summed E-state index contributed by atoms with van der Waals surface area (Å²) in [6.45, 7) is 14.2. The number of hydrogen-bond donors (Lipinski definition) is 1. The first-order chi connectivity index (χ1) is 7.87. The standard InChI is InChI=1S/C14H26N2S/c1-7-10(3)13-16-11(8-2)12(17-13)9-15-14(4,5)6/h10,15H,7-9H2,1-6H3. The predicted molar refractivity (Wildman–Crippen MR) is 76.8 cm³/mol. The maximum Gasteiger partial charge on any atom is 0.0959 e. The molecule has 0 radical (unpaired) electrons. The molecule has 17 heavy (non-hydrogen) atoms. The molecule has 0 saturated heterocycles. The Kier molecular flexibility index (Phi) is 5.14. The van der Waals surface area contributed by atoms with Gasteiger partial charge in [0.1, 0.15) is 0 Å². The van der Waals surface area contributed by atoms with Crippen LogP contribution < -0.4 is 5.32 Å². The van der Waals surface area contributed by atoms with E-state index < -0.39 is 0 Å². The van der Waals surface area contributed by atoms with Gasteiger partial charge in [-0.2, -0.15) is 0 Å². The zero-order chi connectivity index (χ0) is 13.1. The molecule has 1 atom stereocenters. The predicted octanol–water partition coefficient (Wildman–Crippen LogP) is 4.11. The van der Waals surface area contributed by atoms with Crippen LogP contribution in [0.4, 0.5) is 0 Å². The first kappa shape index (κ1) is 14.7. The summed E-state index contributed by atoms with van der Waals surface area (Å²) in [6.07, 6.45) is 2.21. The number of nitrogens with one attached hydrogen (secondary N) is 1. The molecule has 1 unspecified atom stereocenters. The van der Waals surface area contributed by atoms with Gasteiger partial charge >= 0.3 is 0 Å². The molecular weight excluding hydrogens is 228 g/mol. The second-order valence-corrected chi connectivity index (χ2v) is 6.80. The lowest BCUT2D eigenvalue weighted by molar-refractivity contribution is 0.425. The molecule has 0 bridgehead atoms. The second-order valence-electron chi connectivity index (χ2n) is 5.69. The Bertz CT molecular complexity index is 350. The third-order valence-corrected chi connectivity index (χ3v) is 4.27. The molecule has 1 rings (SSSR count). The minimum Gasteiger partial charge on any atom is -0.307 e. The third kappa shape index (κ3) is 4.40. The highest BCUT2D eigenvalue weighted by Crippen LogP contribution is 2.27. The minimum absolute atomic E-state index is 0.172. The molecule has 1 aromatic heterocycles. The van der Waals surface area contributed by atoms with Crippen molar-refractivity contribution in [1.82, 2.24) is 10.3 Å². The highest BCUT2D eigenvalue weighted by atomic mass is 32.1. The van der Waals surface area contributed by atoms with Gasteiger partial charge in [0.25, 0.3) is 0 Å². The quantitative estimate of drug-likeness (QED) is 0.855. The van der Waals surface area contributed by atoms with E-state index in [1.165, 1.54) is 22.0 Å². The zero-order valence-electron chi connectivity index (χ0n) is 12.1. The normalized spacial score (nSPS) is 14.0. The van der Waals surface area contributed by atoms with Gasteiger partial charge in [-0.3, -0.25) is 0 Å². The monoisotopic (exact) mass is 254 g/mol. The first-order valence-corrected chi connectivity index (χ1v) is 7.42. The maximum absolute atomic E-state index is 4.78. The van der Waals surface area contributed by atoms with Crippen LogP contribution in [0.1, 0.15) is 69.5 Å². The SMILES string of the molecule is CCc1nc(C(C)CC)sc1CNC(C)(C)C. The third-order valence-electron chi connectivity index (χ3n) is 2.94. The minimum atomic E-state index is 0.172. The van der Waals surface area contributed by atoms with Crippen molar-refractivity contribution in [3.8, 4) is 0 Å². The Balaban J connectivity index is 2.80. The summed E-state index contributed by atoms with van der Waals surface area (Å²) >= 11 is 1.88. The lowest BCUT2D eigenvalue weighted by Crippen LogP contribution is -2.35. The first-order valence-electron chi connectivity index (χ1n) is 6.60. The maximum atomic E-state index is 4.78. The van der Waals surface area contributed by atoms with E-state index in [9.17, 15) is 0 Å². The van der Waals surface area contributed by atoms with Gasteiger partial charge in [0, 0.05) is 22.9 Å². The summed E-state index contributed by atoms with van der Waals surface area (Å²) in [5.41, 5.74) is 1.45. The fourth-order valence-electron chi connectivity index (χ4n) is 1.55. The van der Waals surface area contributed by atoms with Gasteiger partial charge in [-0.15, -0.1) is 11.3 Å². The van der Waals surface area contributed by atoms with Crippen molar-refractivity contribution in [2.45, 2.75) is 72.4 Å². The summed E-state index contributed by atoms with van der Waals surface area (Å²) in [6, 6.07) is 0. The molecule has 0 amide bonds. The van der Waals surface area contributed by atoms with E-state index in [-0.39, 0.29) is 5.54 Å². The molecule has 0 aliphatic carbocycles. The highest BCUT2D eigenvalue weighted by molar-refractivity contribution is 7.11. The van der Waals surface area contributed by atoms with Crippen LogP contribution in [-0.4, -0.2) is 10.5 Å². The Hall–Kier alpha value is -0.410.